The van der Waals surface area contributed by atoms with Crippen molar-refractivity contribution in [3.63, 3.8) is 0 Å². The van der Waals surface area contributed by atoms with Crippen molar-refractivity contribution in [1.29, 1.82) is 0 Å². The Morgan fingerprint density at radius 3 is 2.17 bits per heavy atom. The van der Waals surface area contributed by atoms with Gasteiger partial charge in [0.15, 0.2) is 6.29 Å². The standard InChI is InChI=1S/C22H30N4O4/c1-3-29-20(30-4-2)16-26(19-12-10-17(14-23)11-13-19)22(28)25-21(27)24-15-18-8-6-5-7-9-18/h5-13,20H,3-4,14-16,23H2,1-2H3,(H2,24,25,27,28). The molecule has 0 spiro atoms. The van der Waals surface area contributed by atoms with E-state index >= 15 is 0 Å². The third-order valence-electron chi connectivity index (χ3n) is 4.28. The van der Waals surface area contributed by atoms with Gasteiger partial charge in [0.25, 0.3) is 0 Å². The predicted molar refractivity (Wildman–Crippen MR) is 116 cm³/mol. The number of amides is 4. The normalized spacial score (nSPS) is 10.7. The van der Waals surface area contributed by atoms with Crippen LogP contribution in [0.15, 0.2) is 54.6 Å². The van der Waals surface area contributed by atoms with Crippen molar-refractivity contribution in [1.82, 2.24) is 10.6 Å². The van der Waals surface area contributed by atoms with Crippen LogP contribution in [0.25, 0.3) is 0 Å². The molecular weight excluding hydrogens is 384 g/mol. The van der Waals surface area contributed by atoms with E-state index in [2.05, 4.69) is 10.6 Å². The van der Waals surface area contributed by atoms with E-state index in [0.717, 1.165) is 11.1 Å². The van der Waals surface area contributed by atoms with E-state index in [-0.39, 0.29) is 6.54 Å². The molecule has 4 amide bonds. The van der Waals surface area contributed by atoms with E-state index < -0.39 is 18.4 Å². The van der Waals surface area contributed by atoms with Gasteiger partial charge in [-0.15, -0.1) is 0 Å². The van der Waals surface area contributed by atoms with Crippen molar-refractivity contribution in [2.24, 2.45) is 5.73 Å². The lowest BCUT2D eigenvalue weighted by Crippen LogP contribution is -2.49. The summed E-state index contributed by atoms with van der Waals surface area (Å²) in [6, 6.07) is 15.5. The molecule has 0 aliphatic heterocycles. The summed E-state index contributed by atoms with van der Waals surface area (Å²) in [5.41, 5.74) is 8.13. The molecule has 2 rings (SSSR count). The molecule has 0 bridgehead atoms. The predicted octanol–water partition coefficient (Wildman–Crippen LogP) is 2.97. The van der Waals surface area contributed by atoms with Gasteiger partial charge in [0.05, 0.1) is 6.54 Å². The van der Waals surface area contributed by atoms with Gasteiger partial charge in [-0.2, -0.15) is 0 Å². The molecule has 162 valence electrons. The van der Waals surface area contributed by atoms with Crippen LogP contribution in [-0.2, 0) is 22.6 Å². The Balaban J connectivity index is 2.08. The fraction of sp³-hybridized carbons (Fsp3) is 0.364. The molecule has 2 aromatic carbocycles. The molecule has 30 heavy (non-hydrogen) atoms. The monoisotopic (exact) mass is 414 g/mol. The average molecular weight is 415 g/mol. The van der Waals surface area contributed by atoms with Crippen LogP contribution in [0, 0.1) is 0 Å². The minimum absolute atomic E-state index is 0.126. The average Bonchev–Trinajstić information content (AvgIpc) is 2.77. The van der Waals surface area contributed by atoms with E-state index in [1.54, 1.807) is 12.1 Å². The van der Waals surface area contributed by atoms with Crippen molar-refractivity contribution in [3.8, 4) is 0 Å². The summed E-state index contributed by atoms with van der Waals surface area (Å²) in [6.07, 6.45) is -0.618. The van der Waals surface area contributed by atoms with Gasteiger partial charge in [-0.1, -0.05) is 42.5 Å². The highest BCUT2D eigenvalue weighted by Gasteiger charge is 2.23. The molecule has 0 aromatic heterocycles. The molecule has 0 radical (unpaired) electrons. The number of nitrogens with one attached hydrogen (secondary N) is 2. The number of ether oxygens (including phenoxy) is 2. The fourth-order valence-corrected chi connectivity index (χ4v) is 2.78. The molecule has 0 saturated heterocycles. The molecule has 0 aliphatic carbocycles. The Bertz CT molecular complexity index is 777. The lowest BCUT2D eigenvalue weighted by atomic mass is 10.2. The van der Waals surface area contributed by atoms with Gasteiger partial charge < -0.3 is 20.5 Å². The molecule has 0 saturated carbocycles. The molecule has 4 N–H and O–H groups in total. The molecule has 0 heterocycles. The van der Waals surface area contributed by atoms with Gasteiger partial charge in [0, 0.05) is 32.0 Å². The van der Waals surface area contributed by atoms with Crippen molar-refractivity contribution < 1.29 is 19.1 Å². The van der Waals surface area contributed by atoms with E-state index in [1.807, 2.05) is 56.3 Å². The number of benzene rings is 2. The number of nitrogens with two attached hydrogens (primary N) is 1. The molecule has 0 atom stereocenters. The summed E-state index contributed by atoms with van der Waals surface area (Å²) in [7, 11) is 0. The van der Waals surface area contributed by atoms with Crippen LogP contribution in [0.4, 0.5) is 15.3 Å². The van der Waals surface area contributed by atoms with Crippen LogP contribution in [0.3, 0.4) is 0 Å². The summed E-state index contributed by atoms with van der Waals surface area (Å²) < 4.78 is 11.2. The Morgan fingerprint density at radius 2 is 1.60 bits per heavy atom. The zero-order valence-electron chi connectivity index (χ0n) is 17.5. The Hall–Kier alpha value is -2.94. The molecule has 8 nitrogen and oxygen atoms in total. The summed E-state index contributed by atoms with van der Waals surface area (Å²) in [5.74, 6) is 0. The van der Waals surface area contributed by atoms with Crippen LogP contribution in [-0.4, -0.2) is 38.1 Å². The molecule has 0 aliphatic rings. The van der Waals surface area contributed by atoms with Gasteiger partial charge in [-0.05, 0) is 37.1 Å². The van der Waals surface area contributed by atoms with Gasteiger partial charge in [0.1, 0.15) is 0 Å². The summed E-state index contributed by atoms with van der Waals surface area (Å²) in [4.78, 5) is 26.5. The van der Waals surface area contributed by atoms with E-state index in [9.17, 15) is 9.59 Å². The highest BCUT2D eigenvalue weighted by atomic mass is 16.7. The summed E-state index contributed by atoms with van der Waals surface area (Å²) in [5, 5.41) is 5.05. The van der Waals surface area contributed by atoms with Crippen molar-refractivity contribution in [2.75, 3.05) is 24.7 Å². The van der Waals surface area contributed by atoms with Gasteiger partial charge in [-0.3, -0.25) is 10.2 Å². The molecule has 2 aromatic rings. The van der Waals surface area contributed by atoms with Gasteiger partial charge in [-0.25, -0.2) is 9.59 Å². The highest BCUT2D eigenvalue weighted by molar-refractivity contribution is 6.02. The second-order valence-corrected chi connectivity index (χ2v) is 6.42. The lowest BCUT2D eigenvalue weighted by molar-refractivity contribution is -0.128. The van der Waals surface area contributed by atoms with Crippen molar-refractivity contribution in [2.45, 2.75) is 33.2 Å². The minimum atomic E-state index is -0.618. The Kier molecular flexibility index (Phi) is 9.79. The van der Waals surface area contributed by atoms with E-state index in [4.69, 9.17) is 15.2 Å². The number of nitrogens with zero attached hydrogens (tertiary/aromatic N) is 1. The number of imide groups is 1. The highest BCUT2D eigenvalue weighted by Crippen LogP contribution is 2.17. The maximum atomic E-state index is 12.9. The molecule has 8 heteroatoms. The zero-order valence-corrected chi connectivity index (χ0v) is 17.5. The first-order chi connectivity index (χ1) is 14.6. The number of hydrogen-bond donors (Lipinski definition) is 3. The number of urea groups is 2. The largest absolute Gasteiger partial charge is 0.351 e. The number of rotatable bonds is 10. The molecule has 0 unspecified atom stereocenters. The minimum Gasteiger partial charge on any atom is -0.351 e. The first-order valence-electron chi connectivity index (χ1n) is 9.99. The lowest BCUT2D eigenvalue weighted by Gasteiger charge is -2.27. The second-order valence-electron chi connectivity index (χ2n) is 6.42. The van der Waals surface area contributed by atoms with Crippen LogP contribution in [0.2, 0.25) is 0 Å². The van der Waals surface area contributed by atoms with Crippen LogP contribution < -0.4 is 21.3 Å². The maximum Gasteiger partial charge on any atom is 0.330 e. The third-order valence-corrected chi connectivity index (χ3v) is 4.28. The van der Waals surface area contributed by atoms with Crippen LogP contribution >= 0.6 is 0 Å². The summed E-state index contributed by atoms with van der Waals surface area (Å²) >= 11 is 0. The van der Waals surface area contributed by atoms with Crippen molar-refractivity contribution >= 4 is 17.7 Å². The molecule has 0 fully saturated rings. The fourth-order valence-electron chi connectivity index (χ4n) is 2.78. The zero-order chi connectivity index (χ0) is 21.8. The Labute approximate surface area is 177 Å². The number of anilines is 1. The van der Waals surface area contributed by atoms with Gasteiger partial charge in [0.2, 0.25) is 0 Å². The number of hydrogen-bond acceptors (Lipinski definition) is 5. The SMILES string of the molecule is CCOC(CN(C(=O)NC(=O)NCc1ccccc1)c1ccc(CN)cc1)OCC. The topological polar surface area (TPSA) is 106 Å². The third kappa shape index (κ3) is 7.47. The first kappa shape index (κ1) is 23.3. The van der Waals surface area contributed by atoms with E-state index in [0.29, 0.717) is 32.0 Å². The molecular formula is C22H30N4O4. The number of carbonyl (C=O) groups is 2. The quantitative estimate of drug-likeness (QED) is 0.518. The van der Waals surface area contributed by atoms with Crippen LogP contribution in [0.5, 0.6) is 0 Å². The first-order valence-corrected chi connectivity index (χ1v) is 9.99. The smallest absolute Gasteiger partial charge is 0.330 e. The number of carbonyl (C=O) groups excluding carboxylic acids is 2. The van der Waals surface area contributed by atoms with Gasteiger partial charge >= 0.3 is 12.1 Å². The van der Waals surface area contributed by atoms with Crippen LogP contribution in [0.1, 0.15) is 25.0 Å². The van der Waals surface area contributed by atoms with Crippen molar-refractivity contribution in [3.05, 3.63) is 65.7 Å². The Morgan fingerprint density at radius 1 is 0.967 bits per heavy atom. The summed E-state index contributed by atoms with van der Waals surface area (Å²) in [6.45, 7) is 5.41. The van der Waals surface area contributed by atoms with E-state index in [1.165, 1.54) is 4.90 Å². The second kappa shape index (κ2) is 12.6. The maximum absolute atomic E-state index is 12.9.